The summed E-state index contributed by atoms with van der Waals surface area (Å²) in [6.45, 7) is 1.00. The first kappa shape index (κ1) is 17.7. The number of rotatable bonds is 4. The Balaban J connectivity index is 1.56. The van der Waals surface area contributed by atoms with Crippen LogP contribution in [0, 0.1) is 0 Å². The van der Waals surface area contributed by atoms with Crippen LogP contribution in [-0.4, -0.2) is 35.7 Å². The summed E-state index contributed by atoms with van der Waals surface area (Å²) in [7, 11) is -7.16. The van der Waals surface area contributed by atoms with Gasteiger partial charge in [-0.15, -0.1) is 0 Å². The van der Waals surface area contributed by atoms with Crippen molar-refractivity contribution < 1.29 is 16.8 Å². The van der Waals surface area contributed by atoms with E-state index in [4.69, 9.17) is 0 Å². The first-order valence-corrected chi connectivity index (χ1v) is 11.7. The molecule has 2 heterocycles. The zero-order valence-corrected chi connectivity index (χ0v) is 15.7. The fourth-order valence-electron chi connectivity index (χ4n) is 3.60. The van der Waals surface area contributed by atoms with Crippen molar-refractivity contribution in [3.05, 3.63) is 59.2 Å². The van der Waals surface area contributed by atoms with Crippen molar-refractivity contribution in [1.29, 1.82) is 0 Å². The Bertz CT molecular complexity index is 1060. The highest BCUT2D eigenvalue weighted by Gasteiger charge is 2.29. The molecule has 2 aliphatic heterocycles. The lowest BCUT2D eigenvalue weighted by molar-refractivity contribution is 0.491. The smallest absolute Gasteiger partial charge is 0.240 e. The monoisotopic (exact) mass is 392 g/mol. The normalized spacial score (nSPS) is 21.2. The third-order valence-corrected chi connectivity index (χ3v) is 8.23. The third kappa shape index (κ3) is 3.18. The van der Waals surface area contributed by atoms with Gasteiger partial charge in [-0.25, -0.2) is 21.6 Å². The first-order valence-electron chi connectivity index (χ1n) is 8.53. The summed E-state index contributed by atoms with van der Waals surface area (Å²) in [6, 6.07) is 12.2. The van der Waals surface area contributed by atoms with E-state index in [1.54, 1.807) is 6.07 Å². The Morgan fingerprint density at radius 3 is 2.73 bits per heavy atom. The molecule has 2 N–H and O–H groups in total. The summed E-state index contributed by atoms with van der Waals surface area (Å²) < 4.78 is 52.0. The molecule has 2 aliphatic rings. The quantitative estimate of drug-likeness (QED) is 0.815. The topological polar surface area (TPSA) is 92.3 Å². The molecule has 0 bridgehead atoms. The molecule has 138 valence electrons. The van der Waals surface area contributed by atoms with E-state index in [1.165, 1.54) is 17.7 Å². The SMILES string of the molecule is O=S1(=O)CCc2ccc(S(=O)(=O)NCC3NCCc4ccccc43)cc21. The summed E-state index contributed by atoms with van der Waals surface area (Å²) >= 11 is 0. The first-order chi connectivity index (χ1) is 12.4. The minimum Gasteiger partial charge on any atom is -0.308 e. The molecule has 0 aliphatic carbocycles. The molecule has 8 heteroatoms. The maximum absolute atomic E-state index is 12.7. The Labute approximate surface area is 153 Å². The number of sulfonamides is 1. The van der Waals surface area contributed by atoms with Gasteiger partial charge in [0.15, 0.2) is 9.84 Å². The van der Waals surface area contributed by atoms with Crippen LogP contribution in [0.4, 0.5) is 0 Å². The number of hydrogen-bond donors (Lipinski definition) is 2. The van der Waals surface area contributed by atoms with Crippen LogP contribution in [0.25, 0.3) is 0 Å². The predicted octanol–water partition coefficient (Wildman–Crippen LogP) is 1.18. The molecule has 2 aromatic rings. The van der Waals surface area contributed by atoms with E-state index in [2.05, 4.69) is 16.1 Å². The van der Waals surface area contributed by atoms with Crippen molar-refractivity contribution >= 4 is 19.9 Å². The van der Waals surface area contributed by atoms with Crippen molar-refractivity contribution in [1.82, 2.24) is 10.0 Å². The maximum Gasteiger partial charge on any atom is 0.240 e. The van der Waals surface area contributed by atoms with Crippen molar-refractivity contribution in [2.45, 2.75) is 28.7 Å². The Hall–Kier alpha value is -1.74. The average Bonchev–Trinajstić information content (AvgIpc) is 2.94. The number of nitrogens with one attached hydrogen (secondary N) is 2. The summed E-state index contributed by atoms with van der Waals surface area (Å²) in [5.41, 5.74) is 3.00. The lowest BCUT2D eigenvalue weighted by Gasteiger charge is -2.27. The van der Waals surface area contributed by atoms with Gasteiger partial charge in [0.1, 0.15) is 0 Å². The van der Waals surface area contributed by atoms with Crippen molar-refractivity contribution in [2.24, 2.45) is 0 Å². The van der Waals surface area contributed by atoms with Crippen molar-refractivity contribution in [3.63, 3.8) is 0 Å². The summed E-state index contributed by atoms with van der Waals surface area (Å²) in [5.74, 6) is 0.0437. The maximum atomic E-state index is 12.7. The molecule has 6 nitrogen and oxygen atoms in total. The van der Waals surface area contributed by atoms with Gasteiger partial charge >= 0.3 is 0 Å². The number of hydrogen-bond acceptors (Lipinski definition) is 5. The highest BCUT2D eigenvalue weighted by molar-refractivity contribution is 7.92. The van der Waals surface area contributed by atoms with Crippen LogP contribution < -0.4 is 10.0 Å². The Morgan fingerprint density at radius 1 is 1.08 bits per heavy atom. The largest absolute Gasteiger partial charge is 0.308 e. The van der Waals surface area contributed by atoms with Crippen LogP contribution in [-0.2, 0) is 32.7 Å². The molecular weight excluding hydrogens is 372 g/mol. The second-order valence-corrected chi connectivity index (χ2v) is 10.5. The van der Waals surface area contributed by atoms with Crippen molar-refractivity contribution in [3.8, 4) is 0 Å². The van der Waals surface area contributed by atoms with Crippen LogP contribution in [0.15, 0.2) is 52.3 Å². The van der Waals surface area contributed by atoms with Gasteiger partial charge in [-0.3, -0.25) is 0 Å². The molecule has 2 aromatic carbocycles. The number of sulfone groups is 1. The van der Waals surface area contributed by atoms with E-state index in [9.17, 15) is 16.8 Å². The molecule has 0 saturated heterocycles. The molecule has 0 aromatic heterocycles. The zero-order valence-electron chi connectivity index (χ0n) is 14.1. The molecular formula is C18H20N2O4S2. The summed E-state index contributed by atoms with van der Waals surface area (Å²) in [4.78, 5) is 0.132. The predicted molar refractivity (Wildman–Crippen MR) is 98.3 cm³/mol. The van der Waals surface area contributed by atoms with Gasteiger partial charge in [0, 0.05) is 12.6 Å². The Morgan fingerprint density at radius 2 is 1.88 bits per heavy atom. The molecule has 1 atom stereocenters. The van der Waals surface area contributed by atoms with Gasteiger partial charge in [-0.2, -0.15) is 0 Å². The van der Waals surface area contributed by atoms with E-state index in [0.29, 0.717) is 12.0 Å². The van der Waals surface area contributed by atoms with Crippen LogP contribution in [0.2, 0.25) is 0 Å². The average molecular weight is 393 g/mol. The van der Waals surface area contributed by atoms with Crippen LogP contribution in [0.1, 0.15) is 22.7 Å². The second-order valence-electron chi connectivity index (χ2n) is 6.65. The van der Waals surface area contributed by atoms with Crippen molar-refractivity contribution in [2.75, 3.05) is 18.8 Å². The van der Waals surface area contributed by atoms with Gasteiger partial charge in [0.2, 0.25) is 10.0 Å². The minimum atomic E-state index is -3.79. The summed E-state index contributed by atoms with van der Waals surface area (Å²) in [5, 5.41) is 3.33. The highest BCUT2D eigenvalue weighted by atomic mass is 32.2. The van der Waals surface area contributed by atoms with E-state index < -0.39 is 19.9 Å². The molecule has 0 saturated carbocycles. The molecule has 4 rings (SSSR count). The van der Waals surface area contributed by atoms with Crippen LogP contribution >= 0.6 is 0 Å². The molecule has 1 unspecified atom stereocenters. The zero-order chi connectivity index (χ0) is 18.4. The minimum absolute atomic E-state index is 0.00850. The number of aryl methyl sites for hydroxylation is 1. The second kappa shape index (κ2) is 6.45. The molecule has 0 amide bonds. The van der Waals surface area contributed by atoms with Gasteiger partial charge in [-0.05, 0) is 48.2 Å². The standard InChI is InChI=1S/C18H20N2O4S2/c21-25(22)10-8-14-5-6-15(11-18(14)25)26(23,24)20-12-17-16-4-2-1-3-13(16)7-9-19-17/h1-6,11,17,19-20H,7-10,12H2. The molecule has 0 radical (unpaired) electrons. The van der Waals surface area contributed by atoms with E-state index in [0.717, 1.165) is 18.5 Å². The molecule has 0 fully saturated rings. The Kier molecular flexibility index (Phi) is 4.38. The van der Waals surface area contributed by atoms with E-state index in [-0.39, 0.29) is 28.1 Å². The molecule has 0 spiro atoms. The molecule has 26 heavy (non-hydrogen) atoms. The highest BCUT2D eigenvalue weighted by Crippen LogP contribution is 2.28. The summed E-state index contributed by atoms with van der Waals surface area (Å²) in [6.07, 6.45) is 1.36. The fraction of sp³-hybridized carbons (Fsp3) is 0.333. The number of fused-ring (bicyclic) bond motifs is 2. The lowest BCUT2D eigenvalue weighted by Crippen LogP contribution is -2.38. The van der Waals surface area contributed by atoms with Gasteiger partial charge < -0.3 is 5.32 Å². The van der Waals surface area contributed by atoms with Gasteiger partial charge in [-0.1, -0.05) is 30.3 Å². The number of benzene rings is 2. The van der Waals surface area contributed by atoms with Gasteiger partial charge in [0.25, 0.3) is 0 Å². The van der Waals surface area contributed by atoms with E-state index in [1.807, 2.05) is 18.2 Å². The van der Waals surface area contributed by atoms with E-state index >= 15 is 0 Å². The fourth-order valence-corrected chi connectivity index (χ4v) is 6.34. The lowest BCUT2D eigenvalue weighted by atomic mass is 9.95. The van der Waals surface area contributed by atoms with Gasteiger partial charge in [0.05, 0.1) is 15.5 Å². The third-order valence-electron chi connectivity index (χ3n) is 5.02. The van der Waals surface area contributed by atoms with Crippen LogP contribution in [0.5, 0.6) is 0 Å². The van der Waals surface area contributed by atoms with Crippen LogP contribution in [0.3, 0.4) is 0 Å².